The maximum atomic E-state index is 12.9. The summed E-state index contributed by atoms with van der Waals surface area (Å²) in [5, 5.41) is 9.53. The zero-order valence-corrected chi connectivity index (χ0v) is 17.2. The Hall–Kier alpha value is -1.59. The van der Waals surface area contributed by atoms with E-state index in [1.165, 1.54) is 6.42 Å². The van der Waals surface area contributed by atoms with Gasteiger partial charge in [-0.05, 0) is 49.4 Å². The molecule has 150 valence electrons. The van der Waals surface area contributed by atoms with Crippen LogP contribution in [0.3, 0.4) is 0 Å². The number of nitrogens with one attached hydrogen (secondary N) is 3. The monoisotopic (exact) mass is 393 g/mol. The van der Waals surface area contributed by atoms with Crippen molar-refractivity contribution in [3.8, 4) is 0 Å². The second kappa shape index (κ2) is 9.56. The van der Waals surface area contributed by atoms with Gasteiger partial charge in [0.1, 0.15) is 0 Å². The SMILES string of the molecule is CCC(C)C(=O)Nc1cccc(CNC(=O)[C@@]23CCCC[C@H]2CNC3)c1.Cl. The van der Waals surface area contributed by atoms with Crippen LogP contribution in [0.2, 0.25) is 0 Å². The Kier molecular flexibility index (Phi) is 7.68. The first kappa shape index (κ1) is 21.7. The molecule has 27 heavy (non-hydrogen) atoms. The van der Waals surface area contributed by atoms with Crippen molar-refractivity contribution >= 4 is 29.9 Å². The van der Waals surface area contributed by atoms with E-state index in [9.17, 15) is 9.59 Å². The Labute approximate surface area is 168 Å². The van der Waals surface area contributed by atoms with Crippen LogP contribution < -0.4 is 16.0 Å². The van der Waals surface area contributed by atoms with Crippen molar-refractivity contribution in [2.24, 2.45) is 17.3 Å². The van der Waals surface area contributed by atoms with Gasteiger partial charge in [0.15, 0.2) is 0 Å². The molecule has 1 saturated heterocycles. The number of hydrogen-bond acceptors (Lipinski definition) is 3. The lowest BCUT2D eigenvalue weighted by molar-refractivity contribution is -0.134. The third-order valence-corrected chi connectivity index (χ3v) is 6.20. The fraction of sp³-hybridized carbons (Fsp3) is 0.619. The zero-order chi connectivity index (χ0) is 18.6. The third kappa shape index (κ3) is 4.82. The summed E-state index contributed by atoms with van der Waals surface area (Å²) in [5.41, 5.74) is 1.58. The molecule has 1 aromatic rings. The van der Waals surface area contributed by atoms with Gasteiger partial charge in [-0.2, -0.15) is 0 Å². The molecule has 2 amide bonds. The minimum atomic E-state index is -0.222. The molecule has 3 N–H and O–H groups in total. The Morgan fingerprint density at radius 1 is 1.33 bits per heavy atom. The number of halogens is 1. The summed E-state index contributed by atoms with van der Waals surface area (Å²) in [6.45, 7) is 6.19. The van der Waals surface area contributed by atoms with Crippen LogP contribution in [0.1, 0.15) is 51.5 Å². The summed E-state index contributed by atoms with van der Waals surface area (Å²) < 4.78 is 0. The van der Waals surface area contributed by atoms with Crippen LogP contribution in [-0.4, -0.2) is 24.9 Å². The molecule has 1 aliphatic carbocycles. The van der Waals surface area contributed by atoms with Crippen LogP contribution in [0.15, 0.2) is 24.3 Å². The molecule has 2 aliphatic rings. The maximum Gasteiger partial charge on any atom is 0.228 e. The smallest absolute Gasteiger partial charge is 0.228 e. The molecule has 1 unspecified atom stereocenters. The Balaban J connectivity index is 0.00000261. The summed E-state index contributed by atoms with van der Waals surface area (Å²) in [6, 6.07) is 7.75. The minimum absolute atomic E-state index is 0. The van der Waals surface area contributed by atoms with Gasteiger partial charge in [0, 0.05) is 24.7 Å². The van der Waals surface area contributed by atoms with E-state index in [0.29, 0.717) is 12.5 Å². The molecule has 6 heteroatoms. The van der Waals surface area contributed by atoms with E-state index in [4.69, 9.17) is 0 Å². The van der Waals surface area contributed by atoms with Gasteiger partial charge in [-0.25, -0.2) is 0 Å². The van der Waals surface area contributed by atoms with E-state index in [2.05, 4.69) is 16.0 Å². The summed E-state index contributed by atoms with van der Waals surface area (Å²) in [7, 11) is 0. The zero-order valence-electron chi connectivity index (χ0n) is 16.3. The molecular formula is C21H32ClN3O2. The van der Waals surface area contributed by atoms with Crippen molar-refractivity contribution in [1.29, 1.82) is 0 Å². The highest BCUT2D eigenvalue weighted by molar-refractivity contribution is 5.92. The largest absolute Gasteiger partial charge is 0.351 e. The molecule has 3 rings (SSSR count). The number of benzene rings is 1. The van der Waals surface area contributed by atoms with Gasteiger partial charge >= 0.3 is 0 Å². The highest BCUT2D eigenvalue weighted by atomic mass is 35.5. The van der Waals surface area contributed by atoms with Crippen molar-refractivity contribution in [2.75, 3.05) is 18.4 Å². The van der Waals surface area contributed by atoms with Crippen molar-refractivity contribution < 1.29 is 9.59 Å². The quantitative estimate of drug-likeness (QED) is 0.692. The maximum absolute atomic E-state index is 12.9. The number of anilines is 1. The Morgan fingerprint density at radius 3 is 2.93 bits per heavy atom. The molecule has 1 aromatic carbocycles. The van der Waals surface area contributed by atoms with Crippen molar-refractivity contribution in [1.82, 2.24) is 10.6 Å². The van der Waals surface area contributed by atoms with Crippen molar-refractivity contribution in [2.45, 2.75) is 52.5 Å². The number of carbonyl (C=O) groups is 2. The topological polar surface area (TPSA) is 70.2 Å². The van der Waals surface area contributed by atoms with E-state index in [1.807, 2.05) is 38.1 Å². The molecule has 1 aliphatic heterocycles. The lowest BCUT2D eigenvalue weighted by atomic mass is 9.67. The van der Waals surface area contributed by atoms with Crippen molar-refractivity contribution in [3.63, 3.8) is 0 Å². The number of hydrogen-bond donors (Lipinski definition) is 3. The molecule has 5 nitrogen and oxygen atoms in total. The fourth-order valence-electron chi connectivity index (χ4n) is 4.26. The van der Waals surface area contributed by atoms with Gasteiger partial charge in [0.2, 0.25) is 11.8 Å². The van der Waals surface area contributed by atoms with E-state index < -0.39 is 0 Å². The summed E-state index contributed by atoms with van der Waals surface area (Å²) >= 11 is 0. The molecule has 0 aromatic heterocycles. The summed E-state index contributed by atoms with van der Waals surface area (Å²) in [4.78, 5) is 25.0. The molecule has 2 fully saturated rings. The van der Waals surface area contributed by atoms with Gasteiger partial charge in [-0.1, -0.05) is 38.8 Å². The van der Waals surface area contributed by atoms with E-state index in [0.717, 1.165) is 50.0 Å². The average molecular weight is 394 g/mol. The average Bonchev–Trinajstić information content (AvgIpc) is 3.11. The molecule has 0 radical (unpaired) electrons. The van der Waals surface area contributed by atoms with Crippen LogP contribution in [0.4, 0.5) is 5.69 Å². The molecule has 3 atom stereocenters. The predicted octanol–water partition coefficient (Wildman–Crippen LogP) is 3.49. The number of fused-ring (bicyclic) bond motifs is 1. The van der Waals surface area contributed by atoms with Crippen LogP contribution >= 0.6 is 12.4 Å². The number of amides is 2. The summed E-state index contributed by atoms with van der Waals surface area (Å²) in [6.07, 6.45) is 5.33. The normalized spacial score (nSPS) is 25.0. The van der Waals surface area contributed by atoms with Crippen LogP contribution in [0, 0.1) is 17.3 Å². The number of carbonyl (C=O) groups excluding carboxylic acids is 2. The molecule has 0 spiro atoms. The Morgan fingerprint density at radius 2 is 2.15 bits per heavy atom. The van der Waals surface area contributed by atoms with Gasteiger partial charge in [-0.15, -0.1) is 12.4 Å². The first-order valence-electron chi connectivity index (χ1n) is 9.94. The van der Waals surface area contributed by atoms with E-state index >= 15 is 0 Å². The highest BCUT2D eigenvalue weighted by Crippen LogP contribution is 2.43. The molecule has 1 heterocycles. The second-order valence-electron chi connectivity index (χ2n) is 7.91. The predicted molar refractivity (Wildman–Crippen MR) is 111 cm³/mol. The van der Waals surface area contributed by atoms with Gasteiger partial charge in [-0.3, -0.25) is 9.59 Å². The van der Waals surface area contributed by atoms with Crippen molar-refractivity contribution in [3.05, 3.63) is 29.8 Å². The lowest BCUT2D eigenvalue weighted by Gasteiger charge is -2.37. The van der Waals surface area contributed by atoms with Gasteiger partial charge in [0.25, 0.3) is 0 Å². The van der Waals surface area contributed by atoms with E-state index in [1.54, 1.807) is 0 Å². The number of rotatable bonds is 6. The van der Waals surface area contributed by atoms with Crippen LogP contribution in [0.5, 0.6) is 0 Å². The van der Waals surface area contributed by atoms with Gasteiger partial charge in [0.05, 0.1) is 5.41 Å². The fourth-order valence-corrected chi connectivity index (χ4v) is 4.26. The first-order valence-corrected chi connectivity index (χ1v) is 9.94. The third-order valence-electron chi connectivity index (χ3n) is 6.20. The first-order chi connectivity index (χ1) is 12.5. The molecular weight excluding hydrogens is 362 g/mol. The lowest BCUT2D eigenvalue weighted by Crippen LogP contribution is -2.47. The summed E-state index contributed by atoms with van der Waals surface area (Å²) in [5.74, 6) is 0.684. The van der Waals surface area contributed by atoms with Crippen LogP contribution in [-0.2, 0) is 16.1 Å². The molecule has 1 saturated carbocycles. The second-order valence-corrected chi connectivity index (χ2v) is 7.91. The standard InChI is InChI=1S/C21H31N3O2.ClH/c1-3-15(2)19(25)24-18-9-6-7-16(11-18)12-23-20(26)21-10-5-4-8-17(21)13-22-14-21;/h6-7,9,11,15,17,22H,3-5,8,10,12-14H2,1-2H3,(H,23,26)(H,24,25);1H/t15?,17-,21+;/m0./s1. The van der Waals surface area contributed by atoms with E-state index in [-0.39, 0.29) is 35.6 Å². The molecule has 0 bridgehead atoms. The minimum Gasteiger partial charge on any atom is -0.351 e. The Bertz CT molecular complexity index is 667. The highest BCUT2D eigenvalue weighted by Gasteiger charge is 2.49. The van der Waals surface area contributed by atoms with Crippen LogP contribution in [0.25, 0.3) is 0 Å². The van der Waals surface area contributed by atoms with Gasteiger partial charge < -0.3 is 16.0 Å².